The van der Waals surface area contributed by atoms with E-state index in [1.807, 2.05) is 0 Å². The summed E-state index contributed by atoms with van der Waals surface area (Å²) < 4.78 is 14.8. The second-order valence-electron chi connectivity index (χ2n) is 2.79. The van der Waals surface area contributed by atoms with Crippen molar-refractivity contribution in [3.8, 4) is 5.75 Å². The van der Waals surface area contributed by atoms with Gasteiger partial charge in [-0.1, -0.05) is 0 Å². The maximum atomic E-state index is 10.7. The average Bonchev–Trinajstić information content (AvgIpc) is 2.05. The largest absolute Gasteiger partial charge is 0.524 e. The van der Waals surface area contributed by atoms with Crippen LogP contribution >= 0.6 is 7.82 Å². The third-order valence-electron chi connectivity index (χ3n) is 1.40. The summed E-state index contributed by atoms with van der Waals surface area (Å²) >= 11 is 0. The molecule has 1 aromatic carbocycles. The minimum Gasteiger partial charge on any atom is -0.404 e. The van der Waals surface area contributed by atoms with Crippen molar-refractivity contribution in [1.82, 2.24) is 0 Å². The van der Waals surface area contributed by atoms with Crippen molar-refractivity contribution in [3.63, 3.8) is 0 Å². The van der Waals surface area contributed by atoms with Crippen LogP contribution in [-0.2, 0) is 9.36 Å². The molecule has 0 atom stereocenters. The van der Waals surface area contributed by atoms with Gasteiger partial charge in [0, 0.05) is 71.7 Å². The standard InChI is InChI=1S/C8H10NO5P.2Na/c1-6(10)9-7-2-4-8(5-3-7)14-15(11,12)13;;/h2-5H,1H3,(H,9,10)(H2,11,12,13);;. The number of phosphoric acid groups is 1. The molecule has 84 valence electrons. The van der Waals surface area contributed by atoms with Gasteiger partial charge in [0.15, 0.2) is 0 Å². The normalized spacial score (nSPS) is 9.59. The molecule has 0 heterocycles. The van der Waals surface area contributed by atoms with Gasteiger partial charge in [-0.05, 0) is 24.3 Å². The Hall–Kier alpha value is 0.640. The van der Waals surface area contributed by atoms with Gasteiger partial charge in [0.05, 0.1) is 0 Å². The molecule has 0 aliphatic rings. The maximum Gasteiger partial charge on any atom is 0.524 e. The number of carbonyl (C=O) groups is 1. The van der Waals surface area contributed by atoms with E-state index in [9.17, 15) is 9.36 Å². The molecular formula is C8H10NNa2O5P. The Morgan fingerprint density at radius 3 is 2.06 bits per heavy atom. The van der Waals surface area contributed by atoms with Crippen LogP contribution in [0.15, 0.2) is 24.3 Å². The fraction of sp³-hybridized carbons (Fsp3) is 0.125. The Kier molecular flexibility index (Phi) is 10.2. The van der Waals surface area contributed by atoms with E-state index in [1.165, 1.54) is 31.2 Å². The zero-order valence-electron chi connectivity index (χ0n) is 9.88. The van der Waals surface area contributed by atoms with E-state index in [0.717, 1.165) is 0 Å². The molecule has 0 saturated heterocycles. The Morgan fingerprint density at radius 1 is 1.24 bits per heavy atom. The summed E-state index contributed by atoms with van der Waals surface area (Å²) in [5.41, 5.74) is 0.528. The molecule has 0 fully saturated rings. The third kappa shape index (κ3) is 9.25. The van der Waals surface area contributed by atoms with E-state index in [4.69, 9.17) is 9.79 Å². The number of carbonyl (C=O) groups excluding carboxylic acids is 1. The quantitative estimate of drug-likeness (QED) is 0.547. The molecule has 6 nitrogen and oxygen atoms in total. The minimum absolute atomic E-state index is 0. The molecule has 0 aliphatic heterocycles. The van der Waals surface area contributed by atoms with E-state index in [-0.39, 0.29) is 70.8 Å². The van der Waals surface area contributed by atoms with Gasteiger partial charge in [-0.3, -0.25) is 14.6 Å². The van der Waals surface area contributed by atoms with Crippen LogP contribution in [0.2, 0.25) is 0 Å². The molecule has 17 heavy (non-hydrogen) atoms. The molecule has 0 unspecified atom stereocenters. The summed E-state index contributed by atoms with van der Waals surface area (Å²) in [4.78, 5) is 27.7. The first kappa shape index (κ1) is 20.0. The van der Waals surface area contributed by atoms with E-state index in [0.29, 0.717) is 5.69 Å². The maximum absolute atomic E-state index is 10.7. The van der Waals surface area contributed by atoms with Crippen LogP contribution in [0.5, 0.6) is 5.75 Å². The minimum atomic E-state index is -4.52. The van der Waals surface area contributed by atoms with Gasteiger partial charge in [-0.25, -0.2) is 4.57 Å². The van der Waals surface area contributed by atoms with Crippen molar-refractivity contribution in [3.05, 3.63) is 24.3 Å². The topological polar surface area (TPSA) is 95.9 Å². The first-order chi connectivity index (χ1) is 6.87. The van der Waals surface area contributed by atoms with Crippen LogP contribution in [0.25, 0.3) is 0 Å². The number of amides is 1. The Labute approximate surface area is 143 Å². The summed E-state index contributed by atoms with van der Waals surface area (Å²) in [5.74, 6) is -0.184. The van der Waals surface area contributed by atoms with Crippen molar-refractivity contribution >= 4 is 78.5 Å². The summed E-state index contributed by atoms with van der Waals surface area (Å²) in [5, 5.41) is 2.51. The van der Waals surface area contributed by atoms with Gasteiger partial charge in [0.1, 0.15) is 5.75 Å². The molecule has 0 aliphatic carbocycles. The molecule has 0 bridgehead atoms. The number of hydrogen-bond acceptors (Lipinski definition) is 3. The van der Waals surface area contributed by atoms with Crippen molar-refractivity contribution in [1.29, 1.82) is 0 Å². The zero-order chi connectivity index (χ0) is 11.5. The van der Waals surface area contributed by atoms with Crippen LogP contribution in [-0.4, -0.2) is 74.8 Å². The van der Waals surface area contributed by atoms with Crippen LogP contribution < -0.4 is 9.84 Å². The van der Waals surface area contributed by atoms with Crippen LogP contribution in [0.1, 0.15) is 6.92 Å². The van der Waals surface area contributed by atoms with Crippen LogP contribution in [0, 0.1) is 0 Å². The molecule has 1 aromatic rings. The smallest absolute Gasteiger partial charge is 0.404 e. The molecule has 0 saturated carbocycles. The molecule has 0 aromatic heterocycles. The average molecular weight is 277 g/mol. The second kappa shape index (κ2) is 8.69. The summed E-state index contributed by atoms with van der Waals surface area (Å²) in [6.07, 6.45) is 0. The number of anilines is 1. The van der Waals surface area contributed by atoms with Gasteiger partial charge in [-0.2, -0.15) is 0 Å². The van der Waals surface area contributed by atoms with E-state index in [1.54, 1.807) is 0 Å². The summed E-state index contributed by atoms with van der Waals surface area (Å²) in [7, 11) is -4.52. The Balaban J connectivity index is 0. The number of hydrogen-bond donors (Lipinski definition) is 3. The van der Waals surface area contributed by atoms with Gasteiger partial charge in [-0.15, -0.1) is 0 Å². The molecule has 2 radical (unpaired) electrons. The fourth-order valence-corrected chi connectivity index (χ4v) is 1.34. The molecular weight excluding hydrogens is 267 g/mol. The van der Waals surface area contributed by atoms with Gasteiger partial charge in [0.2, 0.25) is 5.91 Å². The SMILES string of the molecule is CC(=O)Nc1ccc(OP(=O)(O)O)cc1.[Na].[Na]. The van der Waals surface area contributed by atoms with Crippen molar-refractivity contribution in [2.24, 2.45) is 0 Å². The fourth-order valence-electron chi connectivity index (χ4n) is 0.940. The Bertz CT molecular complexity index is 405. The molecule has 3 N–H and O–H groups in total. The number of rotatable bonds is 3. The third-order valence-corrected chi connectivity index (χ3v) is 1.85. The van der Waals surface area contributed by atoms with Crippen LogP contribution in [0.4, 0.5) is 5.69 Å². The second-order valence-corrected chi connectivity index (χ2v) is 3.95. The number of phosphoric ester groups is 1. The van der Waals surface area contributed by atoms with Crippen molar-refractivity contribution in [2.75, 3.05) is 5.32 Å². The number of benzene rings is 1. The van der Waals surface area contributed by atoms with Gasteiger partial charge < -0.3 is 9.84 Å². The molecule has 9 heteroatoms. The predicted molar refractivity (Wildman–Crippen MR) is 64.9 cm³/mol. The zero-order valence-corrected chi connectivity index (χ0v) is 14.8. The molecule has 1 rings (SSSR count). The van der Waals surface area contributed by atoms with E-state index in [2.05, 4.69) is 9.84 Å². The van der Waals surface area contributed by atoms with Crippen LogP contribution in [0.3, 0.4) is 0 Å². The van der Waals surface area contributed by atoms with E-state index < -0.39 is 7.82 Å². The van der Waals surface area contributed by atoms with Gasteiger partial charge in [0.25, 0.3) is 0 Å². The van der Waals surface area contributed by atoms with E-state index >= 15 is 0 Å². The van der Waals surface area contributed by atoms with Crippen molar-refractivity contribution < 1.29 is 23.7 Å². The summed E-state index contributed by atoms with van der Waals surface area (Å²) in [6.45, 7) is 1.36. The summed E-state index contributed by atoms with van der Waals surface area (Å²) in [6, 6.07) is 5.66. The predicted octanol–water partition coefficient (Wildman–Crippen LogP) is 0.355. The Morgan fingerprint density at radius 2 is 1.71 bits per heavy atom. The van der Waals surface area contributed by atoms with Crippen molar-refractivity contribution in [2.45, 2.75) is 6.92 Å². The first-order valence-corrected chi connectivity index (χ1v) is 5.53. The molecule has 0 spiro atoms. The molecule has 1 amide bonds. The number of nitrogens with one attached hydrogen (secondary N) is 1. The monoisotopic (exact) mass is 277 g/mol. The van der Waals surface area contributed by atoms with Gasteiger partial charge >= 0.3 is 7.82 Å². The first-order valence-electron chi connectivity index (χ1n) is 3.99.